The number of methoxy groups -OCH3 is 1. The summed E-state index contributed by atoms with van der Waals surface area (Å²) in [7, 11) is -1.98. The van der Waals surface area contributed by atoms with Crippen LogP contribution in [-0.4, -0.2) is 56.8 Å². The van der Waals surface area contributed by atoms with E-state index >= 15 is 0 Å². The molecule has 1 fully saturated rings. The number of amides is 1. The van der Waals surface area contributed by atoms with Gasteiger partial charge in [-0.15, -0.1) is 11.3 Å². The number of nitrogens with zero attached hydrogens (tertiary/aromatic N) is 2. The second-order valence-electron chi connectivity index (χ2n) is 5.83. The van der Waals surface area contributed by atoms with E-state index in [0.29, 0.717) is 23.2 Å². The van der Waals surface area contributed by atoms with Crippen molar-refractivity contribution in [2.45, 2.75) is 10.6 Å². The molecule has 0 radical (unpaired) electrons. The predicted molar refractivity (Wildman–Crippen MR) is 101 cm³/mol. The molecule has 1 amide bonds. The second-order valence-corrected chi connectivity index (χ2v) is 9.71. The minimum Gasteiger partial charge on any atom is -0.496 e. The van der Waals surface area contributed by atoms with Crippen molar-refractivity contribution in [3.63, 3.8) is 0 Å². The van der Waals surface area contributed by atoms with Crippen molar-refractivity contribution in [1.82, 2.24) is 9.21 Å². The van der Waals surface area contributed by atoms with Crippen molar-refractivity contribution in [2.24, 2.45) is 0 Å². The summed E-state index contributed by atoms with van der Waals surface area (Å²) in [4.78, 5) is 14.2. The van der Waals surface area contributed by atoms with Crippen LogP contribution in [-0.2, 0) is 21.2 Å². The van der Waals surface area contributed by atoms with Crippen LogP contribution in [0.1, 0.15) is 5.56 Å². The summed E-state index contributed by atoms with van der Waals surface area (Å²) in [6.07, 6.45) is 0.233. The maximum absolute atomic E-state index is 12.6. The third kappa shape index (κ3) is 4.03. The molecule has 140 valence electrons. The van der Waals surface area contributed by atoms with E-state index in [9.17, 15) is 13.2 Å². The molecular formula is C17H19ClN2O4S2. The van der Waals surface area contributed by atoms with Gasteiger partial charge in [-0.2, -0.15) is 4.31 Å². The van der Waals surface area contributed by atoms with E-state index in [1.165, 1.54) is 10.4 Å². The monoisotopic (exact) mass is 414 g/mol. The summed E-state index contributed by atoms with van der Waals surface area (Å²) < 4.78 is 32.6. The van der Waals surface area contributed by atoms with E-state index in [1.807, 2.05) is 24.3 Å². The fourth-order valence-electron chi connectivity index (χ4n) is 2.87. The first-order valence-electron chi connectivity index (χ1n) is 8.07. The molecule has 0 unspecified atom stereocenters. The van der Waals surface area contributed by atoms with Crippen LogP contribution >= 0.6 is 22.9 Å². The Balaban J connectivity index is 1.62. The van der Waals surface area contributed by atoms with E-state index < -0.39 is 10.0 Å². The number of hydrogen-bond acceptors (Lipinski definition) is 5. The Morgan fingerprint density at radius 1 is 1.15 bits per heavy atom. The lowest BCUT2D eigenvalue weighted by Crippen LogP contribution is -2.50. The van der Waals surface area contributed by atoms with E-state index in [0.717, 1.165) is 16.9 Å². The SMILES string of the molecule is COc1ccccc1CC(=O)N1CCN(S(=O)(=O)c2ccc(Cl)s2)CC1. The Hall–Kier alpha value is -1.61. The molecule has 1 aromatic heterocycles. The predicted octanol–water partition coefficient (Wildman–Crippen LogP) is 2.49. The Morgan fingerprint density at radius 2 is 1.85 bits per heavy atom. The van der Waals surface area contributed by atoms with Gasteiger partial charge in [0.2, 0.25) is 5.91 Å². The van der Waals surface area contributed by atoms with Crippen LogP contribution in [0.25, 0.3) is 0 Å². The van der Waals surface area contributed by atoms with Crippen LogP contribution < -0.4 is 4.74 Å². The molecule has 0 N–H and O–H groups in total. The first-order chi connectivity index (χ1) is 12.4. The number of hydrogen-bond donors (Lipinski definition) is 0. The minimum absolute atomic E-state index is 0.0364. The molecule has 6 nitrogen and oxygen atoms in total. The summed E-state index contributed by atoms with van der Waals surface area (Å²) >= 11 is 6.89. The summed E-state index contributed by atoms with van der Waals surface area (Å²) in [6.45, 7) is 1.28. The molecule has 9 heteroatoms. The van der Waals surface area contributed by atoms with E-state index in [-0.39, 0.29) is 29.6 Å². The van der Waals surface area contributed by atoms with Gasteiger partial charge in [-0.05, 0) is 18.2 Å². The van der Waals surface area contributed by atoms with Gasteiger partial charge in [0.1, 0.15) is 9.96 Å². The molecule has 2 heterocycles. The maximum atomic E-state index is 12.6. The first-order valence-corrected chi connectivity index (χ1v) is 10.7. The van der Waals surface area contributed by atoms with Crippen molar-refractivity contribution in [3.05, 3.63) is 46.3 Å². The van der Waals surface area contributed by atoms with Crippen molar-refractivity contribution < 1.29 is 17.9 Å². The number of carbonyl (C=O) groups is 1. The van der Waals surface area contributed by atoms with E-state index in [4.69, 9.17) is 16.3 Å². The second kappa shape index (κ2) is 7.96. The number of sulfonamides is 1. The highest BCUT2D eigenvalue weighted by atomic mass is 35.5. The zero-order valence-corrected chi connectivity index (χ0v) is 16.6. The lowest BCUT2D eigenvalue weighted by Gasteiger charge is -2.33. The Bertz CT molecular complexity index is 890. The summed E-state index contributed by atoms with van der Waals surface area (Å²) in [5, 5.41) is 0. The Morgan fingerprint density at radius 3 is 2.46 bits per heavy atom. The maximum Gasteiger partial charge on any atom is 0.252 e. The molecule has 1 aromatic carbocycles. The van der Waals surface area contributed by atoms with Gasteiger partial charge in [-0.3, -0.25) is 4.79 Å². The Labute approximate surface area is 162 Å². The van der Waals surface area contributed by atoms with Crippen molar-refractivity contribution in [1.29, 1.82) is 0 Å². The summed E-state index contributed by atoms with van der Waals surface area (Å²) in [6, 6.07) is 10.5. The molecule has 0 aliphatic carbocycles. The molecule has 0 atom stereocenters. The fourth-order valence-corrected chi connectivity index (χ4v) is 5.92. The molecule has 1 aliphatic heterocycles. The lowest BCUT2D eigenvalue weighted by molar-refractivity contribution is -0.131. The Kier molecular flexibility index (Phi) is 5.86. The number of rotatable bonds is 5. The van der Waals surface area contributed by atoms with Gasteiger partial charge in [-0.1, -0.05) is 29.8 Å². The standard InChI is InChI=1S/C17H19ClN2O4S2/c1-24-14-5-3-2-4-13(14)12-16(21)19-8-10-20(11-9-19)26(22,23)17-7-6-15(18)25-17/h2-7H,8-12H2,1H3. The normalized spacial score (nSPS) is 15.8. The molecule has 0 bridgehead atoms. The molecule has 2 aromatic rings. The number of piperazine rings is 1. The molecule has 1 aliphatic rings. The number of halogens is 1. The van der Waals surface area contributed by atoms with Crippen molar-refractivity contribution in [2.75, 3.05) is 33.3 Å². The van der Waals surface area contributed by atoms with E-state index in [1.54, 1.807) is 18.1 Å². The topological polar surface area (TPSA) is 66.9 Å². The molecule has 3 rings (SSSR count). The van der Waals surface area contributed by atoms with Gasteiger partial charge < -0.3 is 9.64 Å². The zero-order valence-electron chi connectivity index (χ0n) is 14.2. The van der Waals surface area contributed by atoms with Crippen molar-refractivity contribution >= 4 is 38.9 Å². The van der Waals surface area contributed by atoms with Crippen LogP contribution in [0.4, 0.5) is 0 Å². The molecular weight excluding hydrogens is 396 g/mol. The average molecular weight is 415 g/mol. The average Bonchev–Trinajstić information content (AvgIpc) is 3.09. The lowest BCUT2D eigenvalue weighted by atomic mass is 10.1. The number of benzene rings is 1. The van der Waals surface area contributed by atoms with Gasteiger partial charge in [-0.25, -0.2) is 8.42 Å². The van der Waals surface area contributed by atoms with Gasteiger partial charge in [0.25, 0.3) is 10.0 Å². The highest BCUT2D eigenvalue weighted by molar-refractivity contribution is 7.91. The van der Waals surface area contributed by atoms with Crippen LogP contribution in [0.5, 0.6) is 5.75 Å². The zero-order chi connectivity index (χ0) is 18.7. The first kappa shape index (κ1) is 19.2. The number of thiophene rings is 1. The smallest absolute Gasteiger partial charge is 0.252 e. The van der Waals surface area contributed by atoms with Gasteiger partial charge >= 0.3 is 0 Å². The third-order valence-electron chi connectivity index (χ3n) is 4.27. The van der Waals surface area contributed by atoms with Gasteiger partial charge in [0.05, 0.1) is 17.9 Å². The quantitative estimate of drug-likeness (QED) is 0.753. The summed E-state index contributed by atoms with van der Waals surface area (Å²) in [5.74, 6) is 0.641. The van der Waals surface area contributed by atoms with Crippen molar-refractivity contribution in [3.8, 4) is 5.75 Å². The van der Waals surface area contributed by atoms with Crippen LogP contribution in [0.15, 0.2) is 40.6 Å². The van der Waals surface area contributed by atoms with E-state index in [2.05, 4.69) is 0 Å². The van der Waals surface area contributed by atoms with Gasteiger partial charge in [0, 0.05) is 31.7 Å². The highest BCUT2D eigenvalue weighted by Crippen LogP contribution is 2.28. The molecule has 1 saturated heterocycles. The number of ether oxygens (including phenoxy) is 1. The molecule has 0 saturated carbocycles. The number of para-hydroxylation sites is 1. The molecule has 0 spiro atoms. The number of carbonyl (C=O) groups excluding carboxylic acids is 1. The third-order valence-corrected chi connectivity index (χ3v) is 7.87. The van der Waals surface area contributed by atoms with Crippen LogP contribution in [0.2, 0.25) is 4.34 Å². The van der Waals surface area contributed by atoms with Gasteiger partial charge in [0.15, 0.2) is 0 Å². The highest BCUT2D eigenvalue weighted by Gasteiger charge is 2.31. The minimum atomic E-state index is -3.55. The van der Waals surface area contributed by atoms with Crippen LogP contribution in [0.3, 0.4) is 0 Å². The summed E-state index contributed by atoms with van der Waals surface area (Å²) in [5.41, 5.74) is 0.822. The fraction of sp³-hybridized carbons (Fsp3) is 0.353. The molecule has 26 heavy (non-hydrogen) atoms. The van der Waals surface area contributed by atoms with Crippen LogP contribution in [0, 0.1) is 0 Å². The largest absolute Gasteiger partial charge is 0.496 e.